The van der Waals surface area contributed by atoms with Crippen LogP contribution in [0.1, 0.15) is 23.4 Å². The first-order valence-corrected chi connectivity index (χ1v) is 10.4. The van der Waals surface area contributed by atoms with Crippen molar-refractivity contribution < 1.29 is 13.2 Å². The predicted octanol–water partition coefficient (Wildman–Crippen LogP) is 3.69. The van der Waals surface area contributed by atoms with Crippen LogP contribution in [0.5, 0.6) is 5.75 Å². The molecular weight excluding hydrogens is 342 g/mol. The third kappa shape index (κ3) is 3.18. The second kappa shape index (κ2) is 7.17. The van der Waals surface area contributed by atoms with E-state index in [0.717, 1.165) is 29.1 Å². The fourth-order valence-electron chi connectivity index (χ4n) is 2.85. The molecule has 128 valence electrons. The van der Waals surface area contributed by atoms with Crippen LogP contribution in [0.25, 0.3) is 0 Å². The minimum atomic E-state index is -3.53. The maximum absolute atomic E-state index is 13.1. The number of nitrogens with zero attached hydrogens (tertiary/aromatic N) is 1. The van der Waals surface area contributed by atoms with E-state index >= 15 is 0 Å². The molecule has 0 bridgehead atoms. The standard InChI is InChI=1S/C18H21NO3S2/c1-3-14-8-10-15(11-9-14)24(20,21)19-12-13-23-18(19)16-6-4-5-7-17(16)22-2/h4-11,18H,3,12-13H2,1-2H3/t18-/m1/s1. The van der Waals surface area contributed by atoms with Crippen molar-refractivity contribution in [1.29, 1.82) is 0 Å². The van der Waals surface area contributed by atoms with Crippen LogP contribution >= 0.6 is 11.8 Å². The Balaban J connectivity index is 1.97. The van der Waals surface area contributed by atoms with Gasteiger partial charge in [0.2, 0.25) is 10.0 Å². The lowest BCUT2D eigenvalue weighted by Crippen LogP contribution is -2.30. The number of ether oxygens (including phenoxy) is 1. The molecule has 1 aliphatic rings. The Morgan fingerprint density at radius 2 is 1.88 bits per heavy atom. The van der Waals surface area contributed by atoms with E-state index in [0.29, 0.717) is 11.4 Å². The van der Waals surface area contributed by atoms with Gasteiger partial charge in [0.1, 0.15) is 5.75 Å². The first-order valence-electron chi connectivity index (χ1n) is 7.93. The highest BCUT2D eigenvalue weighted by atomic mass is 32.2. The van der Waals surface area contributed by atoms with Crippen LogP contribution in [-0.4, -0.2) is 32.1 Å². The fraction of sp³-hybridized carbons (Fsp3) is 0.333. The van der Waals surface area contributed by atoms with Gasteiger partial charge in [0, 0.05) is 17.9 Å². The van der Waals surface area contributed by atoms with E-state index < -0.39 is 10.0 Å². The van der Waals surface area contributed by atoms with Crippen LogP contribution in [0.4, 0.5) is 0 Å². The van der Waals surface area contributed by atoms with Crippen molar-refractivity contribution in [2.75, 3.05) is 19.4 Å². The average Bonchev–Trinajstić information content (AvgIpc) is 3.12. The van der Waals surface area contributed by atoms with Gasteiger partial charge in [0.25, 0.3) is 0 Å². The summed E-state index contributed by atoms with van der Waals surface area (Å²) in [7, 11) is -1.92. The van der Waals surface area contributed by atoms with E-state index in [2.05, 4.69) is 6.92 Å². The summed E-state index contributed by atoms with van der Waals surface area (Å²) in [6, 6.07) is 14.8. The molecule has 0 N–H and O–H groups in total. The number of benzene rings is 2. The van der Waals surface area contributed by atoms with Crippen LogP contribution in [0.2, 0.25) is 0 Å². The minimum Gasteiger partial charge on any atom is -0.496 e. The van der Waals surface area contributed by atoms with E-state index in [4.69, 9.17) is 4.74 Å². The number of hydrogen-bond donors (Lipinski definition) is 0. The molecule has 0 unspecified atom stereocenters. The highest BCUT2D eigenvalue weighted by molar-refractivity contribution is 8.01. The molecule has 1 aliphatic heterocycles. The first kappa shape index (κ1) is 17.3. The number of rotatable bonds is 5. The quantitative estimate of drug-likeness (QED) is 0.813. The van der Waals surface area contributed by atoms with Gasteiger partial charge in [0.15, 0.2) is 0 Å². The maximum Gasteiger partial charge on any atom is 0.244 e. The lowest BCUT2D eigenvalue weighted by molar-refractivity contribution is 0.390. The zero-order chi connectivity index (χ0) is 17.2. The highest BCUT2D eigenvalue weighted by Crippen LogP contribution is 2.44. The van der Waals surface area contributed by atoms with Crippen molar-refractivity contribution in [2.24, 2.45) is 0 Å². The van der Waals surface area contributed by atoms with Gasteiger partial charge in [-0.3, -0.25) is 0 Å². The Morgan fingerprint density at radius 3 is 2.54 bits per heavy atom. The largest absolute Gasteiger partial charge is 0.496 e. The summed E-state index contributed by atoms with van der Waals surface area (Å²) in [5.74, 6) is 1.49. The van der Waals surface area contributed by atoms with Gasteiger partial charge in [-0.15, -0.1) is 11.8 Å². The zero-order valence-corrected chi connectivity index (χ0v) is 15.4. The summed E-state index contributed by atoms with van der Waals surface area (Å²) >= 11 is 1.63. The smallest absolute Gasteiger partial charge is 0.244 e. The van der Waals surface area contributed by atoms with E-state index in [-0.39, 0.29) is 5.37 Å². The molecule has 0 aliphatic carbocycles. The Bertz CT molecular complexity index is 803. The second-order valence-corrected chi connectivity index (χ2v) is 8.66. The first-order chi connectivity index (χ1) is 11.6. The SMILES string of the molecule is CCc1ccc(S(=O)(=O)N2CCS[C@@H]2c2ccccc2OC)cc1. The van der Waals surface area contributed by atoms with E-state index in [9.17, 15) is 8.42 Å². The predicted molar refractivity (Wildman–Crippen MR) is 97.9 cm³/mol. The molecule has 24 heavy (non-hydrogen) atoms. The van der Waals surface area contributed by atoms with Crippen LogP contribution in [0, 0.1) is 0 Å². The Labute approximate surface area is 147 Å². The Morgan fingerprint density at radius 1 is 1.17 bits per heavy atom. The van der Waals surface area contributed by atoms with E-state index in [1.807, 2.05) is 36.4 Å². The molecule has 6 heteroatoms. The van der Waals surface area contributed by atoms with Crippen LogP contribution in [0.3, 0.4) is 0 Å². The van der Waals surface area contributed by atoms with Gasteiger partial charge in [-0.1, -0.05) is 37.3 Å². The average molecular weight is 364 g/mol. The van der Waals surface area contributed by atoms with Gasteiger partial charge >= 0.3 is 0 Å². The number of thioether (sulfide) groups is 1. The summed E-state index contributed by atoms with van der Waals surface area (Å²) in [4.78, 5) is 0.349. The summed E-state index contributed by atoms with van der Waals surface area (Å²) in [6.07, 6.45) is 0.893. The molecule has 3 rings (SSSR count). The van der Waals surface area contributed by atoms with Gasteiger partial charge in [0.05, 0.1) is 17.4 Å². The third-order valence-electron chi connectivity index (χ3n) is 4.19. The Kier molecular flexibility index (Phi) is 5.18. The number of hydrogen-bond acceptors (Lipinski definition) is 4. The third-order valence-corrected chi connectivity index (χ3v) is 7.45. The molecule has 1 atom stereocenters. The van der Waals surface area contributed by atoms with Crippen molar-refractivity contribution >= 4 is 21.8 Å². The molecular formula is C18H21NO3S2. The minimum absolute atomic E-state index is 0.253. The molecule has 1 saturated heterocycles. The zero-order valence-electron chi connectivity index (χ0n) is 13.8. The highest BCUT2D eigenvalue weighted by Gasteiger charge is 2.38. The molecule has 4 nitrogen and oxygen atoms in total. The van der Waals surface area contributed by atoms with Crippen molar-refractivity contribution in [3.8, 4) is 5.75 Å². The number of sulfonamides is 1. The molecule has 0 aromatic heterocycles. The summed E-state index contributed by atoms with van der Waals surface area (Å²) in [5.41, 5.74) is 2.03. The van der Waals surface area contributed by atoms with Crippen molar-refractivity contribution in [3.05, 3.63) is 59.7 Å². The Hall–Kier alpha value is -1.50. The molecule has 0 spiro atoms. The lowest BCUT2D eigenvalue weighted by Gasteiger charge is -2.25. The molecule has 0 saturated carbocycles. The number of aryl methyl sites for hydroxylation is 1. The lowest BCUT2D eigenvalue weighted by atomic mass is 10.2. The van der Waals surface area contributed by atoms with Crippen LogP contribution in [-0.2, 0) is 16.4 Å². The van der Waals surface area contributed by atoms with Crippen LogP contribution < -0.4 is 4.74 Å². The summed E-state index contributed by atoms with van der Waals surface area (Å²) in [5, 5.41) is -0.253. The topological polar surface area (TPSA) is 46.6 Å². The van der Waals surface area contributed by atoms with Gasteiger partial charge in [-0.05, 0) is 30.2 Å². The van der Waals surface area contributed by atoms with Gasteiger partial charge in [-0.2, -0.15) is 4.31 Å². The molecule has 1 heterocycles. The number of para-hydroxylation sites is 1. The molecule has 0 radical (unpaired) electrons. The van der Waals surface area contributed by atoms with Gasteiger partial charge < -0.3 is 4.74 Å². The monoisotopic (exact) mass is 363 g/mol. The molecule has 2 aromatic carbocycles. The maximum atomic E-state index is 13.1. The summed E-state index contributed by atoms with van der Waals surface area (Å²) in [6.45, 7) is 2.56. The molecule has 2 aromatic rings. The van der Waals surface area contributed by atoms with Gasteiger partial charge in [-0.25, -0.2) is 8.42 Å². The fourth-order valence-corrected chi connectivity index (χ4v) is 6.11. The molecule has 1 fully saturated rings. The molecule has 0 amide bonds. The van der Waals surface area contributed by atoms with E-state index in [1.165, 1.54) is 0 Å². The van der Waals surface area contributed by atoms with Crippen molar-refractivity contribution in [1.82, 2.24) is 4.31 Å². The number of methoxy groups -OCH3 is 1. The second-order valence-electron chi connectivity index (χ2n) is 5.58. The normalized spacial score (nSPS) is 18.7. The van der Waals surface area contributed by atoms with Crippen LogP contribution in [0.15, 0.2) is 53.4 Å². The summed E-state index contributed by atoms with van der Waals surface area (Å²) < 4.78 is 33.2. The van der Waals surface area contributed by atoms with E-state index in [1.54, 1.807) is 35.3 Å². The van der Waals surface area contributed by atoms with Crippen molar-refractivity contribution in [3.63, 3.8) is 0 Å². The van der Waals surface area contributed by atoms with Crippen molar-refractivity contribution in [2.45, 2.75) is 23.6 Å².